The lowest BCUT2D eigenvalue weighted by molar-refractivity contribution is 0.112. The van der Waals surface area contributed by atoms with Crippen molar-refractivity contribution in [1.29, 1.82) is 0 Å². The summed E-state index contributed by atoms with van der Waals surface area (Å²) in [7, 11) is -1.27. The number of aryl methyl sites for hydroxylation is 1. The Hall–Kier alpha value is -1.96. The summed E-state index contributed by atoms with van der Waals surface area (Å²) < 4.78 is 26.7. The van der Waals surface area contributed by atoms with Crippen LogP contribution in [0.4, 0.5) is 0 Å². The van der Waals surface area contributed by atoms with Crippen LogP contribution in [0.2, 0.25) is 0 Å². The fraction of sp³-hybridized carbons (Fsp3) is 0.462. The van der Waals surface area contributed by atoms with Crippen molar-refractivity contribution in [2.75, 3.05) is 11.5 Å². The predicted octanol–water partition coefficient (Wildman–Crippen LogP) is 0.630. The van der Waals surface area contributed by atoms with Crippen LogP contribution in [0.25, 0.3) is 11.4 Å². The van der Waals surface area contributed by atoms with Gasteiger partial charge >= 0.3 is 0 Å². The Morgan fingerprint density at radius 2 is 2.19 bits per heavy atom. The molecule has 1 atom stereocenters. The van der Waals surface area contributed by atoms with Crippen molar-refractivity contribution >= 4 is 16.1 Å². The van der Waals surface area contributed by atoms with Gasteiger partial charge in [-0.25, -0.2) is 8.42 Å². The number of aromatic nitrogens is 4. The van der Waals surface area contributed by atoms with E-state index in [9.17, 15) is 13.2 Å². The number of rotatable bonds is 3. The summed E-state index contributed by atoms with van der Waals surface area (Å²) in [5, 5.41) is 8.53. The molecule has 112 valence electrons. The van der Waals surface area contributed by atoms with E-state index < -0.39 is 15.4 Å². The SMILES string of the molecule is Cn1nccc1-c1nn(C2(C)CCS(=O)(=O)C2)cc1C=O. The van der Waals surface area contributed by atoms with E-state index in [-0.39, 0.29) is 11.5 Å². The molecule has 1 aliphatic heterocycles. The quantitative estimate of drug-likeness (QED) is 0.776. The highest BCUT2D eigenvalue weighted by Crippen LogP contribution is 2.32. The molecule has 0 bridgehead atoms. The summed E-state index contributed by atoms with van der Waals surface area (Å²) in [5.74, 6) is 0.200. The maximum absolute atomic E-state index is 11.7. The van der Waals surface area contributed by atoms with E-state index in [0.717, 1.165) is 12.0 Å². The third kappa shape index (κ3) is 2.29. The molecule has 2 aromatic rings. The molecule has 3 heterocycles. The van der Waals surface area contributed by atoms with Gasteiger partial charge in [0.15, 0.2) is 16.1 Å². The van der Waals surface area contributed by atoms with Crippen molar-refractivity contribution in [3.05, 3.63) is 24.0 Å². The molecule has 1 aliphatic rings. The van der Waals surface area contributed by atoms with Crippen LogP contribution in [-0.2, 0) is 22.4 Å². The first-order valence-corrected chi connectivity index (χ1v) is 8.41. The van der Waals surface area contributed by atoms with Gasteiger partial charge in [-0.15, -0.1) is 0 Å². The largest absolute Gasteiger partial charge is 0.298 e. The van der Waals surface area contributed by atoms with Gasteiger partial charge in [0.05, 0.1) is 28.3 Å². The van der Waals surface area contributed by atoms with Crippen LogP contribution in [0.15, 0.2) is 18.5 Å². The molecular weight excluding hydrogens is 292 g/mol. The maximum Gasteiger partial charge on any atom is 0.153 e. The highest BCUT2D eigenvalue weighted by molar-refractivity contribution is 7.91. The molecule has 1 fully saturated rings. The first-order chi connectivity index (χ1) is 9.85. The highest BCUT2D eigenvalue weighted by atomic mass is 32.2. The van der Waals surface area contributed by atoms with E-state index in [1.54, 1.807) is 34.9 Å². The predicted molar refractivity (Wildman–Crippen MR) is 76.7 cm³/mol. The van der Waals surface area contributed by atoms with E-state index in [2.05, 4.69) is 10.2 Å². The lowest BCUT2D eigenvalue weighted by atomic mass is 10.0. The van der Waals surface area contributed by atoms with Crippen LogP contribution in [0.5, 0.6) is 0 Å². The summed E-state index contributed by atoms with van der Waals surface area (Å²) in [6.07, 6.45) is 4.49. The first kappa shape index (κ1) is 14.0. The fourth-order valence-electron chi connectivity index (χ4n) is 2.73. The third-order valence-electron chi connectivity index (χ3n) is 3.97. The normalized spacial score (nSPS) is 24.3. The lowest BCUT2D eigenvalue weighted by Crippen LogP contribution is -2.31. The summed E-state index contributed by atoms with van der Waals surface area (Å²) in [4.78, 5) is 11.3. The number of carbonyl (C=O) groups excluding carboxylic acids is 1. The van der Waals surface area contributed by atoms with Crippen molar-refractivity contribution in [3.63, 3.8) is 0 Å². The Bertz CT molecular complexity index is 805. The number of hydrogen-bond acceptors (Lipinski definition) is 5. The number of sulfone groups is 1. The van der Waals surface area contributed by atoms with Crippen LogP contribution in [0, 0.1) is 0 Å². The Morgan fingerprint density at radius 1 is 1.43 bits per heavy atom. The molecule has 0 aromatic carbocycles. The zero-order valence-electron chi connectivity index (χ0n) is 11.9. The van der Waals surface area contributed by atoms with Crippen molar-refractivity contribution < 1.29 is 13.2 Å². The number of aldehydes is 1. The molecule has 8 heteroatoms. The lowest BCUT2D eigenvalue weighted by Gasteiger charge is -2.22. The molecule has 0 saturated carbocycles. The maximum atomic E-state index is 11.7. The highest BCUT2D eigenvalue weighted by Gasteiger charge is 2.41. The van der Waals surface area contributed by atoms with Crippen molar-refractivity contribution in [1.82, 2.24) is 19.6 Å². The molecule has 1 unspecified atom stereocenters. The van der Waals surface area contributed by atoms with Crippen molar-refractivity contribution in [3.8, 4) is 11.4 Å². The average molecular weight is 308 g/mol. The standard InChI is InChI=1S/C13H16N4O3S/c1-13(4-6-21(19,20)9-13)17-7-10(8-18)12(15-17)11-3-5-14-16(11)2/h3,5,7-8H,4,6,9H2,1-2H3. The van der Waals surface area contributed by atoms with E-state index in [1.807, 2.05) is 6.92 Å². The fourth-order valence-corrected chi connectivity index (χ4v) is 4.85. The van der Waals surface area contributed by atoms with Crippen LogP contribution < -0.4 is 0 Å². The van der Waals surface area contributed by atoms with Crippen molar-refractivity contribution in [2.45, 2.75) is 18.9 Å². The van der Waals surface area contributed by atoms with E-state index in [4.69, 9.17) is 0 Å². The molecule has 0 N–H and O–H groups in total. The molecule has 0 aliphatic carbocycles. The second-order valence-electron chi connectivity index (χ2n) is 5.67. The molecule has 21 heavy (non-hydrogen) atoms. The van der Waals surface area contributed by atoms with Gasteiger partial charge in [0.25, 0.3) is 0 Å². The minimum Gasteiger partial charge on any atom is -0.298 e. The number of carbonyl (C=O) groups is 1. The average Bonchev–Trinajstić information content (AvgIpc) is 3.07. The zero-order valence-corrected chi connectivity index (χ0v) is 12.7. The van der Waals surface area contributed by atoms with Gasteiger partial charge < -0.3 is 0 Å². The monoisotopic (exact) mass is 308 g/mol. The molecule has 2 aromatic heterocycles. The molecule has 3 rings (SSSR count). The summed E-state index contributed by atoms with van der Waals surface area (Å²) in [6.45, 7) is 1.85. The number of nitrogens with zero attached hydrogens (tertiary/aromatic N) is 4. The van der Waals surface area contributed by atoms with E-state index in [0.29, 0.717) is 17.7 Å². The molecule has 7 nitrogen and oxygen atoms in total. The van der Waals surface area contributed by atoms with Crippen LogP contribution in [0.3, 0.4) is 0 Å². The van der Waals surface area contributed by atoms with Gasteiger partial charge in [0.1, 0.15) is 5.69 Å². The second kappa shape index (κ2) is 4.52. The molecule has 0 spiro atoms. The van der Waals surface area contributed by atoms with E-state index in [1.165, 1.54) is 0 Å². The third-order valence-corrected chi connectivity index (χ3v) is 5.86. The Labute approximate surface area is 122 Å². The zero-order chi connectivity index (χ0) is 15.3. The van der Waals surface area contributed by atoms with Gasteiger partial charge in [-0.3, -0.25) is 14.2 Å². The van der Waals surface area contributed by atoms with Gasteiger partial charge in [0.2, 0.25) is 0 Å². The van der Waals surface area contributed by atoms with Crippen LogP contribution in [0.1, 0.15) is 23.7 Å². The van der Waals surface area contributed by atoms with Gasteiger partial charge in [-0.2, -0.15) is 10.2 Å². The Morgan fingerprint density at radius 3 is 2.71 bits per heavy atom. The first-order valence-electron chi connectivity index (χ1n) is 6.59. The van der Waals surface area contributed by atoms with Gasteiger partial charge in [-0.05, 0) is 19.4 Å². The molecule has 0 radical (unpaired) electrons. The minimum atomic E-state index is -3.04. The molecule has 0 amide bonds. The van der Waals surface area contributed by atoms with Crippen molar-refractivity contribution in [2.24, 2.45) is 7.05 Å². The minimum absolute atomic E-state index is 0.0464. The molecular formula is C13H16N4O3S. The summed E-state index contributed by atoms with van der Waals surface area (Å²) in [6, 6.07) is 1.77. The van der Waals surface area contributed by atoms with Gasteiger partial charge in [0, 0.05) is 19.4 Å². The molecule has 1 saturated heterocycles. The smallest absolute Gasteiger partial charge is 0.153 e. The van der Waals surface area contributed by atoms with Crippen LogP contribution >= 0.6 is 0 Å². The number of hydrogen-bond donors (Lipinski definition) is 0. The Kier molecular flexibility index (Phi) is 3.01. The van der Waals surface area contributed by atoms with Crippen LogP contribution in [-0.4, -0.2) is 45.8 Å². The van der Waals surface area contributed by atoms with E-state index >= 15 is 0 Å². The summed E-state index contributed by atoms with van der Waals surface area (Å²) in [5.41, 5.74) is 1.08. The topological polar surface area (TPSA) is 86.8 Å². The van der Waals surface area contributed by atoms with Gasteiger partial charge in [-0.1, -0.05) is 0 Å². The Balaban J connectivity index is 2.09. The summed E-state index contributed by atoms with van der Waals surface area (Å²) >= 11 is 0. The second-order valence-corrected chi connectivity index (χ2v) is 7.86.